The van der Waals surface area contributed by atoms with E-state index < -0.39 is 5.60 Å². The summed E-state index contributed by atoms with van der Waals surface area (Å²) in [6.45, 7) is 7.03. The smallest absolute Gasteiger partial charge is 0.410 e. The van der Waals surface area contributed by atoms with Crippen LogP contribution in [0.4, 0.5) is 9.59 Å². The van der Waals surface area contributed by atoms with Crippen molar-refractivity contribution in [2.24, 2.45) is 0 Å². The van der Waals surface area contributed by atoms with E-state index in [0.29, 0.717) is 26.1 Å². The lowest BCUT2D eigenvalue weighted by molar-refractivity contribution is -0.00304. The molecule has 0 radical (unpaired) electrons. The zero-order chi connectivity index (χ0) is 21.6. The van der Waals surface area contributed by atoms with E-state index in [4.69, 9.17) is 9.47 Å². The predicted molar refractivity (Wildman–Crippen MR) is 115 cm³/mol. The van der Waals surface area contributed by atoms with Gasteiger partial charge in [0.15, 0.2) is 0 Å². The molecule has 0 aromatic heterocycles. The molecule has 0 aliphatic carbocycles. The Morgan fingerprint density at radius 3 is 2.10 bits per heavy atom. The van der Waals surface area contributed by atoms with E-state index in [9.17, 15) is 9.59 Å². The lowest BCUT2D eigenvalue weighted by atomic mass is 10.0. The van der Waals surface area contributed by atoms with Crippen LogP contribution in [-0.4, -0.2) is 53.3 Å². The minimum absolute atomic E-state index is 0.180. The number of ether oxygens (including phenoxy) is 2. The second-order valence-corrected chi connectivity index (χ2v) is 8.50. The van der Waals surface area contributed by atoms with E-state index in [-0.39, 0.29) is 24.8 Å². The number of nitrogens with zero attached hydrogens (tertiary/aromatic N) is 2. The second kappa shape index (κ2) is 9.65. The summed E-state index contributed by atoms with van der Waals surface area (Å²) in [4.78, 5) is 28.8. The maximum absolute atomic E-state index is 12.8. The number of benzene rings is 2. The fourth-order valence-corrected chi connectivity index (χ4v) is 3.45. The molecule has 3 rings (SSSR count). The van der Waals surface area contributed by atoms with Gasteiger partial charge in [-0.3, -0.25) is 0 Å². The number of hydrogen-bond donors (Lipinski definition) is 0. The molecule has 6 nitrogen and oxygen atoms in total. The Bertz CT molecular complexity index is 833. The first kappa shape index (κ1) is 21.7. The Labute approximate surface area is 178 Å². The summed E-state index contributed by atoms with van der Waals surface area (Å²) in [7, 11) is 0. The highest BCUT2D eigenvalue weighted by Gasteiger charge is 2.35. The van der Waals surface area contributed by atoms with Gasteiger partial charge in [0.2, 0.25) is 0 Å². The van der Waals surface area contributed by atoms with Crippen molar-refractivity contribution in [1.82, 2.24) is 9.80 Å². The number of piperazine rings is 1. The number of carbonyl (C=O) groups excluding carboxylic acids is 2. The minimum Gasteiger partial charge on any atom is -0.445 e. The molecule has 160 valence electrons. The van der Waals surface area contributed by atoms with Gasteiger partial charge < -0.3 is 19.3 Å². The molecule has 2 amide bonds. The first-order valence-corrected chi connectivity index (χ1v) is 10.3. The van der Waals surface area contributed by atoms with Crippen LogP contribution in [0.1, 0.15) is 31.9 Å². The van der Waals surface area contributed by atoms with Crippen LogP contribution in [0.5, 0.6) is 0 Å². The molecule has 6 heteroatoms. The van der Waals surface area contributed by atoms with Crippen molar-refractivity contribution < 1.29 is 19.1 Å². The highest BCUT2D eigenvalue weighted by molar-refractivity contribution is 5.71. The first-order valence-electron chi connectivity index (χ1n) is 10.3. The lowest BCUT2D eigenvalue weighted by Crippen LogP contribution is -2.58. The third-order valence-electron chi connectivity index (χ3n) is 4.89. The van der Waals surface area contributed by atoms with Gasteiger partial charge in [-0.1, -0.05) is 60.7 Å². The SMILES string of the molecule is CC(C)(C)OC(=O)N1CCN(C(=O)OCc2ccccc2)C[C@@H]1Cc1ccccc1. The Morgan fingerprint density at radius 2 is 1.50 bits per heavy atom. The van der Waals surface area contributed by atoms with Crippen molar-refractivity contribution in [3.63, 3.8) is 0 Å². The van der Waals surface area contributed by atoms with Crippen LogP contribution in [0.15, 0.2) is 60.7 Å². The maximum atomic E-state index is 12.8. The van der Waals surface area contributed by atoms with E-state index in [0.717, 1.165) is 11.1 Å². The molecule has 1 aliphatic rings. The number of rotatable bonds is 4. The molecular formula is C24H30N2O4. The molecule has 0 saturated carbocycles. The van der Waals surface area contributed by atoms with Crippen LogP contribution in [0.25, 0.3) is 0 Å². The molecular weight excluding hydrogens is 380 g/mol. The Kier molecular flexibility index (Phi) is 6.98. The van der Waals surface area contributed by atoms with E-state index >= 15 is 0 Å². The third-order valence-corrected chi connectivity index (χ3v) is 4.89. The van der Waals surface area contributed by atoms with Crippen molar-refractivity contribution in [3.8, 4) is 0 Å². The average molecular weight is 411 g/mol. The highest BCUT2D eigenvalue weighted by Crippen LogP contribution is 2.20. The van der Waals surface area contributed by atoms with Crippen LogP contribution < -0.4 is 0 Å². The van der Waals surface area contributed by atoms with Crippen molar-refractivity contribution >= 4 is 12.2 Å². The summed E-state index contributed by atoms with van der Waals surface area (Å²) in [5.74, 6) is 0. The molecule has 1 heterocycles. The summed E-state index contributed by atoms with van der Waals surface area (Å²) in [5.41, 5.74) is 1.48. The van der Waals surface area contributed by atoms with E-state index in [1.165, 1.54) is 0 Å². The second-order valence-electron chi connectivity index (χ2n) is 8.50. The van der Waals surface area contributed by atoms with Crippen LogP contribution >= 0.6 is 0 Å². The Balaban J connectivity index is 1.67. The molecule has 0 spiro atoms. The molecule has 1 atom stereocenters. The van der Waals surface area contributed by atoms with E-state index in [2.05, 4.69) is 0 Å². The van der Waals surface area contributed by atoms with E-state index in [1.54, 1.807) is 9.80 Å². The predicted octanol–water partition coefficient (Wildman–Crippen LogP) is 4.49. The molecule has 1 saturated heterocycles. The summed E-state index contributed by atoms with van der Waals surface area (Å²) in [6, 6.07) is 19.4. The topological polar surface area (TPSA) is 59.1 Å². The molecule has 30 heavy (non-hydrogen) atoms. The summed E-state index contributed by atoms with van der Waals surface area (Å²) >= 11 is 0. The Hall–Kier alpha value is -3.02. The molecule has 0 bridgehead atoms. The standard InChI is InChI=1S/C24H30N2O4/c1-24(2,3)30-23(28)26-15-14-25(17-21(26)16-19-10-6-4-7-11-19)22(27)29-18-20-12-8-5-9-13-20/h4-13,21H,14-18H2,1-3H3/t21-/m0/s1. The van der Waals surface area contributed by atoms with Crippen LogP contribution in [-0.2, 0) is 22.5 Å². The van der Waals surface area contributed by atoms with Gasteiger partial charge in [-0.25, -0.2) is 9.59 Å². The van der Waals surface area contributed by atoms with Gasteiger partial charge in [-0.2, -0.15) is 0 Å². The quantitative estimate of drug-likeness (QED) is 0.745. The van der Waals surface area contributed by atoms with Crippen molar-refractivity contribution in [3.05, 3.63) is 71.8 Å². The Morgan fingerprint density at radius 1 is 0.900 bits per heavy atom. The minimum atomic E-state index is -0.569. The number of hydrogen-bond acceptors (Lipinski definition) is 4. The summed E-state index contributed by atoms with van der Waals surface area (Å²) in [6.07, 6.45) is -0.0655. The van der Waals surface area contributed by atoms with Gasteiger partial charge >= 0.3 is 12.2 Å². The molecule has 1 aliphatic heterocycles. The molecule has 2 aromatic rings. The number of carbonyl (C=O) groups is 2. The summed E-state index contributed by atoms with van der Waals surface area (Å²) in [5, 5.41) is 0. The fraction of sp³-hybridized carbons (Fsp3) is 0.417. The van der Waals surface area contributed by atoms with E-state index in [1.807, 2.05) is 81.4 Å². The molecule has 1 fully saturated rings. The summed E-state index contributed by atoms with van der Waals surface area (Å²) < 4.78 is 11.1. The fourth-order valence-electron chi connectivity index (χ4n) is 3.45. The molecule has 0 unspecified atom stereocenters. The van der Waals surface area contributed by atoms with Crippen LogP contribution in [0.2, 0.25) is 0 Å². The van der Waals surface area contributed by atoms with Gasteiger partial charge in [0.1, 0.15) is 12.2 Å². The zero-order valence-electron chi connectivity index (χ0n) is 17.9. The largest absolute Gasteiger partial charge is 0.445 e. The monoisotopic (exact) mass is 410 g/mol. The van der Waals surface area contributed by atoms with Crippen molar-refractivity contribution in [2.75, 3.05) is 19.6 Å². The van der Waals surface area contributed by atoms with Gasteiger partial charge in [-0.15, -0.1) is 0 Å². The van der Waals surface area contributed by atoms with Crippen LogP contribution in [0.3, 0.4) is 0 Å². The third kappa shape index (κ3) is 6.24. The van der Waals surface area contributed by atoms with Gasteiger partial charge in [-0.05, 0) is 38.3 Å². The average Bonchev–Trinajstić information content (AvgIpc) is 2.72. The molecule has 2 aromatic carbocycles. The van der Waals surface area contributed by atoms with Crippen molar-refractivity contribution in [1.29, 1.82) is 0 Å². The normalized spacial score (nSPS) is 16.8. The van der Waals surface area contributed by atoms with Crippen LogP contribution in [0, 0.1) is 0 Å². The highest BCUT2D eigenvalue weighted by atomic mass is 16.6. The number of amides is 2. The first-order chi connectivity index (χ1) is 14.3. The maximum Gasteiger partial charge on any atom is 0.410 e. The van der Waals surface area contributed by atoms with Gasteiger partial charge in [0, 0.05) is 19.6 Å². The lowest BCUT2D eigenvalue weighted by Gasteiger charge is -2.41. The van der Waals surface area contributed by atoms with Gasteiger partial charge in [0.05, 0.1) is 6.04 Å². The zero-order valence-corrected chi connectivity index (χ0v) is 17.9. The van der Waals surface area contributed by atoms with Crippen molar-refractivity contribution in [2.45, 2.75) is 45.4 Å². The van der Waals surface area contributed by atoms with Gasteiger partial charge in [0.25, 0.3) is 0 Å². The molecule has 0 N–H and O–H groups in total.